The maximum atomic E-state index is 12.3. The Morgan fingerprint density at radius 2 is 1.80 bits per heavy atom. The van der Waals surface area contributed by atoms with E-state index in [1.807, 2.05) is 0 Å². The maximum absolute atomic E-state index is 12.3. The molecule has 1 aromatic rings. The van der Waals surface area contributed by atoms with Crippen LogP contribution in [0, 0.1) is 5.82 Å². The third kappa shape index (κ3) is 1.78. The fourth-order valence-electron chi connectivity index (χ4n) is 0.766. The molecule has 0 amide bonds. The van der Waals surface area contributed by atoms with Gasteiger partial charge in [0.1, 0.15) is 5.82 Å². The van der Waals surface area contributed by atoms with Crippen LogP contribution in [0.1, 0.15) is 18.1 Å². The van der Waals surface area contributed by atoms with E-state index in [-0.39, 0.29) is 5.82 Å². The van der Waals surface area contributed by atoms with Crippen LogP contribution in [0.25, 0.3) is 0 Å². The van der Waals surface area contributed by atoms with Crippen molar-refractivity contribution in [2.24, 2.45) is 0 Å². The minimum Gasteiger partial charge on any atom is -0.207 e. The predicted molar refractivity (Wildman–Crippen MR) is 44.5 cm³/mol. The van der Waals surface area contributed by atoms with Gasteiger partial charge in [-0.3, -0.25) is 0 Å². The lowest BCUT2D eigenvalue weighted by molar-refractivity contribution is 0.627. The van der Waals surface area contributed by atoms with E-state index in [2.05, 4.69) is 16.2 Å². The van der Waals surface area contributed by atoms with Gasteiger partial charge >= 0.3 is 0 Å². The molecule has 0 radical (unpaired) electrons. The molecule has 1 aromatic carbocycles. The summed E-state index contributed by atoms with van der Waals surface area (Å²) >= 11 is 0. The molecular formula is C8H10FP. The van der Waals surface area contributed by atoms with Gasteiger partial charge in [0, 0.05) is 0 Å². The largest absolute Gasteiger partial charge is 0.207 e. The molecule has 0 aliphatic rings. The van der Waals surface area contributed by atoms with Crippen LogP contribution in [0.2, 0.25) is 0 Å². The third-order valence-corrected chi connectivity index (χ3v) is 1.78. The number of halogens is 1. The number of benzene rings is 1. The quantitative estimate of drug-likeness (QED) is 0.548. The summed E-state index contributed by atoms with van der Waals surface area (Å²) in [6.07, 6.45) is 0. The van der Waals surface area contributed by atoms with E-state index in [9.17, 15) is 4.39 Å². The van der Waals surface area contributed by atoms with Gasteiger partial charge in [-0.2, -0.15) is 0 Å². The molecule has 0 aliphatic carbocycles. The molecule has 10 heavy (non-hydrogen) atoms. The van der Waals surface area contributed by atoms with E-state index < -0.39 is 0 Å². The molecule has 0 aromatic heterocycles. The molecule has 0 nitrogen and oxygen atoms in total. The smallest absolute Gasteiger partial charge is 0.123 e. The second-order valence-electron chi connectivity index (χ2n) is 2.34. The highest BCUT2D eigenvalue weighted by Crippen LogP contribution is 2.21. The highest BCUT2D eigenvalue weighted by atomic mass is 31.0. The predicted octanol–water partition coefficient (Wildman–Crippen LogP) is 2.76. The lowest BCUT2D eigenvalue weighted by atomic mass is 10.2. The topological polar surface area (TPSA) is 0 Å². The molecule has 0 saturated heterocycles. The van der Waals surface area contributed by atoms with Crippen LogP contribution < -0.4 is 0 Å². The first-order valence-electron chi connectivity index (χ1n) is 3.21. The second kappa shape index (κ2) is 3.12. The fourth-order valence-corrected chi connectivity index (χ4v) is 0.989. The Bertz CT molecular complexity index is 203. The second-order valence-corrected chi connectivity index (χ2v) is 3.34. The van der Waals surface area contributed by atoms with Crippen LogP contribution >= 0.6 is 9.24 Å². The van der Waals surface area contributed by atoms with Crippen molar-refractivity contribution in [3.8, 4) is 0 Å². The van der Waals surface area contributed by atoms with Crippen LogP contribution in [0.15, 0.2) is 24.3 Å². The summed E-state index contributed by atoms with van der Waals surface area (Å²) in [7, 11) is 2.67. The number of hydrogen-bond donors (Lipinski definition) is 0. The van der Waals surface area contributed by atoms with Crippen LogP contribution in [0.3, 0.4) is 0 Å². The molecule has 1 rings (SSSR count). The van der Waals surface area contributed by atoms with E-state index in [1.54, 1.807) is 12.1 Å². The standard InChI is InChI=1S/C8H10FP/c1-6(10)7-2-4-8(9)5-3-7/h2-6H,10H2,1H3. The molecule has 2 heteroatoms. The van der Waals surface area contributed by atoms with Gasteiger partial charge in [-0.05, 0) is 23.4 Å². The number of hydrogen-bond acceptors (Lipinski definition) is 0. The summed E-state index contributed by atoms with van der Waals surface area (Å²) in [5.41, 5.74) is 1.55. The first-order chi connectivity index (χ1) is 4.70. The van der Waals surface area contributed by atoms with Crippen molar-refractivity contribution in [3.05, 3.63) is 35.6 Å². The van der Waals surface area contributed by atoms with Gasteiger partial charge in [0.25, 0.3) is 0 Å². The van der Waals surface area contributed by atoms with E-state index in [0.29, 0.717) is 5.66 Å². The van der Waals surface area contributed by atoms with Gasteiger partial charge in [-0.25, -0.2) is 4.39 Å². The first-order valence-corrected chi connectivity index (χ1v) is 3.88. The zero-order chi connectivity index (χ0) is 7.56. The molecule has 0 bridgehead atoms. The molecule has 0 saturated carbocycles. The van der Waals surface area contributed by atoms with Crippen molar-refractivity contribution in [1.29, 1.82) is 0 Å². The van der Waals surface area contributed by atoms with Gasteiger partial charge < -0.3 is 0 Å². The Labute approximate surface area is 62.7 Å². The average Bonchev–Trinajstić information content (AvgIpc) is 1.88. The fraction of sp³-hybridized carbons (Fsp3) is 0.250. The Morgan fingerprint density at radius 3 is 2.20 bits per heavy atom. The minimum absolute atomic E-state index is 0.172. The summed E-state index contributed by atoms with van der Waals surface area (Å²) in [4.78, 5) is 0. The van der Waals surface area contributed by atoms with E-state index >= 15 is 0 Å². The van der Waals surface area contributed by atoms with Crippen LogP contribution in [0.5, 0.6) is 0 Å². The SMILES string of the molecule is CC(P)c1ccc(F)cc1. The summed E-state index contributed by atoms with van der Waals surface area (Å²) in [6.45, 7) is 2.05. The van der Waals surface area contributed by atoms with Crippen molar-refractivity contribution >= 4 is 9.24 Å². The molecule has 54 valence electrons. The Hall–Kier alpha value is -0.420. The minimum atomic E-state index is -0.172. The zero-order valence-corrected chi connectivity index (χ0v) is 7.00. The van der Waals surface area contributed by atoms with E-state index in [1.165, 1.54) is 12.1 Å². The van der Waals surface area contributed by atoms with Gasteiger partial charge in [0.15, 0.2) is 0 Å². The van der Waals surface area contributed by atoms with Gasteiger partial charge in [-0.1, -0.05) is 19.1 Å². The van der Waals surface area contributed by atoms with E-state index in [0.717, 1.165) is 5.56 Å². The molecular weight excluding hydrogens is 146 g/mol. The molecule has 0 fully saturated rings. The Kier molecular flexibility index (Phi) is 2.39. The molecule has 2 atom stereocenters. The van der Waals surface area contributed by atoms with Gasteiger partial charge in [0.2, 0.25) is 0 Å². The highest BCUT2D eigenvalue weighted by Gasteiger charge is 1.96. The molecule has 0 aliphatic heterocycles. The lowest BCUT2D eigenvalue weighted by Gasteiger charge is -2.02. The third-order valence-electron chi connectivity index (χ3n) is 1.40. The zero-order valence-electron chi connectivity index (χ0n) is 5.84. The van der Waals surface area contributed by atoms with E-state index in [4.69, 9.17) is 0 Å². The van der Waals surface area contributed by atoms with Crippen LogP contribution in [0.4, 0.5) is 4.39 Å². The molecule has 2 unspecified atom stereocenters. The molecule has 0 heterocycles. The van der Waals surface area contributed by atoms with Crippen molar-refractivity contribution in [2.75, 3.05) is 0 Å². The highest BCUT2D eigenvalue weighted by molar-refractivity contribution is 7.17. The Balaban J connectivity index is 2.89. The summed E-state index contributed by atoms with van der Waals surface area (Å²) in [5.74, 6) is -0.172. The van der Waals surface area contributed by atoms with Crippen molar-refractivity contribution < 1.29 is 4.39 Å². The maximum Gasteiger partial charge on any atom is 0.123 e. The van der Waals surface area contributed by atoms with Crippen LogP contribution in [-0.2, 0) is 0 Å². The molecule has 0 N–H and O–H groups in total. The monoisotopic (exact) mass is 156 g/mol. The summed E-state index contributed by atoms with van der Waals surface area (Å²) < 4.78 is 12.3. The number of rotatable bonds is 1. The Morgan fingerprint density at radius 1 is 1.30 bits per heavy atom. The van der Waals surface area contributed by atoms with Crippen molar-refractivity contribution in [2.45, 2.75) is 12.6 Å². The van der Waals surface area contributed by atoms with Gasteiger partial charge in [0.05, 0.1) is 0 Å². The van der Waals surface area contributed by atoms with Gasteiger partial charge in [-0.15, -0.1) is 9.24 Å². The molecule has 0 spiro atoms. The summed E-state index contributed by atoms with van der Waals surface area (Å²) in [5, 5.41) is 0. The van der Waals surface area contributed by atoms with Crippen molar-refractivity contribution in [1.82, 2.24) is 0 Å². The average molecular weight is 156 g/mol. The lowest BCUT2D eigenvalue weighted by Crippen LogP contribution is -1.82. The summed E-state index contributed by atoms with van der Waals surface area (Å²) in [6, 6.07) is 6.56. The first kappa shape index (κ1) is 7.68. The normalized spacial score (nSPS) is 13.1. The van der Waals surface area contributed by atoms with Crippen molar-refractivity contribution in [3.63, 3.8) is 0 Å². The van der Waals surface area contributed by atoms with Crippen LogP contribution in [-0.4, -0.2) is 0 Å².